The van der Waals surface area contributed by atoms with Crippen LogP contribution < -0.4 is 4.74 Å². The molecule has 0 bridgehead atoms. The minimum Gasteiger partial charge on any atom is -0.486 e. The van der Waals surface area contributed by atoms with Crippen LogP contribution in [0.25, 0.3) is 0 Å². The van der Waals surface area contributed by atoms with Crippen LogP contribution in [0.4, 0.5) is 0 Å². The van der Waals surface area contributed by atoms with Crippen LogP contribution in [0.1, 0.15) is 35.4 Å². The molecule has 0 aliphatic rings. The van der Waals surface area contributed by atoms with Gasteiger partial charge < -0.3 is 4.74 Å². The van der Waals surface area contributed by atoms with Gasteiger partial charge in [-0.3, -0.25) is 4.79 Å². The summed E-state index contributed by atoms with van der Waals surface area (Å²) in [6, 6.07) is 17.2. The minimum absolute atomic E-state index is 0.0315. The van der Waals surface area contributed by atoms with Gasteiger partial charge in [-0.15, -0.1) is 11.6 Å². The zero-order valence-electron chi connectivity index (χ0n) is 11.4. The smallest absolute Gasteiger partial charge is 0.159 e. The SMILES string of the molecule is CC(=O)c1cccc(O[C@@H](CCCl)c2ccccc2)c1. The number of halogens is 1. The monoisotopic (exact) mass is 288 g/mol. The Kier molecular flexibility index (Phi) is 5.19. The van der Waals surface area contributed by atoms with Gasteiger partial charge in [0.05, 0.1) is 0 Å². The molecule has 1 atom stereocenters. The highest BCUT2D eigenvalue weighted by atomic mass is 35.5. The van der Waals surface area contributed by atoms with Gasteiger partial charge in [-0.25, -0.2) is 0 Å². The lowest BCUT2D eigenvalue weighted by atomic mass is 10.1. The summed E-state index contributed by atoms with van der Waals surface area (Å²) in [6.07, 6.45) is 0.617. The Bertz CT molecular complexity index is 566. The lowest BCUT2D eigenvalue weighted by Gasteiger charge is -2.19. The second kappa shape index (κ2) is 7.11. The quantitative estimate of drug-likeness (QED) is 0.572. The summed E-state index contributed by atoms with van der Waals surface area (Å²) in [5.74, 6) is 1.24. The molecule has 3 heteroatoms. The maximum Gasteiger partial charge on any atom is 0.159 e. The zero-order chi connectivity index (χ0) is 14.4. The highest BCUT2D eigenvalue weighted by Crippen LogP contribution is 2.26. The number of rotatable bonds is 6. The summed E-state index contributed by atoms with van der Waals surface area (Å²) in [7, 11) is 0. The number of ketones is 1. The molecule has 104 valence electrons. The molecule has 20 heavy (non-hydrogen) atoms. The van der Waals surface area contributed by atoms with Gasteiger partial charge in [0.25, 0.3) is 0 Å². The van der Waals surface area contributed by atoms with Crippen molar-refractivity contribution < 1.29 is 9.53 Å². The topological polar surface area (TPSA) is 26.3 Å². The zero-order valence-corrected chi connectivity index (χ0v) is 12.1. The second-order valence-corrected chi connectivity index (χ2v) is 4.96. The van der Waals surface area contributed by atoms with Gasteiger partial charge in [0.2, 0.25) is 0 Å². The summed E-state index contributed by atoms with van der Waals surface area (Å²) < 4.78 is 6.00. The van der Waals surface area contributed by atoms with Gasteiger partial charge in [-0.1, -0.05) is 42.5 Å². The molecule has 0 saturated carbocycles. The first-order valence-corrected chi connectivity index (χ1v) is 7.12. The van der Waals surface area contributed by atoms with E-state index in [4.69, 9.17) is 16.3 Å². The lowest BCUT2D eigenvalue weighted by molar-refractivity contribution is 0.101. The summed E-state index contributed by atoms with van der Waals surface area (Å²) in [6.45, 7) is 1.55. The number of hydrogen-bond acceptors (Lipinski definition) is 2. The molecular weight excluding hydrogens is 272 g/mol. The molecule has 0 aliphatic heterocycles. The average Bonchev–Trinajstić information content (AvgIpc) is 2.48. The van der Waals surface area contributed by atoms with Crippen molar-refractivity contribution in [2.75, 3.05) is 5.88 Å². The van der Waals surface area contributed by atoms with E-state index in [1.807, 2.05) is 42.5 Å². The molecule has 0 amide bonds. The number of ether oxygens (including phenoxy) is 1. The van der Waals surface area contributed by atoms with Gasteiger partial charge in [-0.2, -0.15) is 0 Å². The van der Waals surface area contributed by atoms with E-state index in [0.29, 0.717) is 17.2 Å². The Balaban J connectivity index is 2.20. The molecule has 0 saturated heterocycles. The van der Waals surface area contributed by atoms with Gasteiger partial charge in [0.1, 0.15) is 11.9 Å². The van der Waals surface area contributed by atoms with Crippen LogP contribution in [0, 0.1) is 0 Å². The molecule has 2 nitrogen and oxygen atoms in total. The number of hydrogen-bond donors (Lipinski definition) is 0. The molecule has 0 heterocycles. The van der Waals surface area contributed by atoms with Gasteiger partial charge in [0.15, 0.2) is 5.78 Å². The Morgan fingerprint density at radius 2 is 1.90 bits per heavy atom. The van der Waals surface area contributed by atoms with Crippen LogP contribution in [0.2, 0.25) is 0 Å². The first-order valence-electron chi connectivity index (χ1n) is 6.59. The number of carbonyl (C=O) groups excluding carboxylic acids is 1. The maximum atomic E-state index is 11.4. The van der Waals surface area contributed by atoms with Crippen LogP contribution >= 0.6 is 11.6 Å². The van der Waals surface area contributed by atoms with E-state index in [0.717, 1.165) is 12.0 Å². The largest absolute Gasteiger partial charge is 0.486 e. The van der Waals surface area contributed by atoms with Crippen LogP contribution in [0.15, 0.2) is 54.6 Å². The minimum atomic E-state index is -0.101. The summed E-state index contributed by atoms with van der Waals surface area (Å²) >= 11 is 5.86. The number of Topliss-reactive ketones (excluding diaryl/α,β-unsaturated/α-hetero) is 1. The molecule has 2 aromatic carbocycles. The first kappa shape index (κ1) is 14.6. The molecule has 2 rings (SSSR count). The maximum absolute atomic E-state index is 11.4. The summed E-state index contributed by atoms with van der Waals surface area (Å²) in [5, 5.41) is 0. The van der Waals surface area contributed by atoms with E-state index in [2.05, 4.69) is 0 Å². The number of carbonyl (C=O) groups is 1. The van der Waals surface area contributed by atoms with Gasteiger partial charge in [-0.05, 0) is 24.6 Å². The summed E-state index contributed by atoms with van der Waals surface area (Å²) in [5.41, 5.74) is 1.74. The predicted octanol–water partition coefficient (Wildman–Crippen LogP) is 4.64. The highest BCUT2D eigenvalue weighted by Gasteiger charge is 2.13. The van der Waals surface area contributed by atoms with Crippen molar-refractivity contribution in [1.29, 1.82) is 0 Å². The lowest BCUT2D eigenvalue weighted by Crippen LogP contribution is -2.08. The fourth-order valence-electron chi connectivity index (χ4n) is 2.01. The molecule has 0 N–H and O–H groups in total. The van der Waals surface area contributed by atoms with Crippen molar-refractivity contribution in [3.63, 3.8) is 0 Å². The van der Waals surface area contributed by atoms with Crippen molar-refractivity contribution in [3.05, 3.63) is 65.7 Å². The fourth-order valence-corrected chi connectivity index (χ4v) is 2.21. The molecule has 0 aliphatic carbocycles. The molecule has 0 spiro atoms. The average molecular weight is 289 g/mol. The standard InChI is InChI=1S/C17H17ClO2/c1-13(19)15-8-5-9-16(12-15)20-17(10-11-18)14-6-3-2-4-7-14/h2-9,12,17H,10-11H2,1H3/t17-/m0/s1. The molecular formula is C17H17ClO2. The molecule has 2 aromatic rings. The first-order chi connectivity index (χ1) is 9.70. The van der Waals surface area contributed by atoms with E-state index in [9.17, 15) is 4.79 Å². The van der Waals surface area contributed by atoms with Crippen LogP contribution in [-0.4, -0.2) is 11.7 Å². The van der Waals surface area contributed by atoms with Gasteiger partial charge in [0, 0.05) is 17.9 Å². The Morgan fingerprint density at radius 3 is 2.55 bits per heavy atom. The van der Waals surface area contributed by atoms with Crippen molar-refractivity contribution in [3.8, 4) is 5.75 Å². The van der Waals surface area contributed by atoms with Crippen molar-refractivity contribution in [1.82, 2.24) is 0 Å². The highest BCUT2D eigenvalue weighted by molar-refractivity contribution is 6.17. The molecule has 0 fully saturated rings. The molecule has 0 aromatic heterocycles. The summed E-state index contributed by atoms with van der Waals surface area (Å²) in [4.78, 5) is 11.4. The van der Waals surface area contributed by atoms with E-state index in [1.54, 1.807) is 19.1 Å². The normalized spacial score (nSPS) is 11.9. The Labute approximate surface area is 124 Å². The van der Waals surface area contributed by atoms with E-state index < -0.39 is 0 Å². The van der Waals surface area contributed by atoms with E-state index in [-0.39, 0.29) is 11.9 Å². The number of alkyl halides is 1. The van der Waals surface area contributed by atoms with Crippen molar-refractivity contribution in [2.24, 2.45) is 0 Å². The van der Waals surface area contributed by atoms with Crippen LogP contribution in [0.5, 0.6) is 5.75 Å². The van der Waals surface area contributed by atoms with E-state index >= 15 is 0 Å². The second-order valence-electron chi connectivity index (χ2n) is 4.58. The van der Waals surface area contributed by atoms with Crippen LogP contribution in [-0.2, 0) is 0 Å². The molecule has 0 radical (unpaired) electrons. The Morgan fingerprint density at radius 1 is 1.15 bits per heavy atom. The predicted molar refractivity (Wildman–Crippen MR) is 81.6 cm³/mol. The van der Waals surface area contributed by atoms with Crippen molar-refractivity contribution in [2.45, 2.75) is 19.4 Å². The third-order valence-electron chi connectivity index (χ3n) is 3.06. The van der Waals surface area contributed by atoms with Crippen molar-refractivity contribution >= 4 is 17.4 Å². The van der Waals surface area contributed by atoms with Gasteiger partial charge >= 0.3 is 0 Å². The third kappa shape index (κ3) is 3.84. The fraction of sp³-hybridized carbons (Fsp3) is 0.235. The number of benzene rings is 2. The third-order valence-corrected chi connectivity index (χ3v) is 3.28. The van der Waals surface area contributed by atoms with E-state index in [1.165, 1.54) is 0 Å². The molecule has 0 unspecified atom stereocenters. The Hall–Kier alpha value is -1.80. The van der Waals surface area contributed by atoms with Crippen LogP contribution in [0.3, 0.4) is 0 Å².